The fourth-order valence-electron chi connectivity index (χ4n) is 3.46. The van der Waals surface area contributed by atoms with Crippen LogP contribution in [0.2, 0.25) is 0 Å². The lowest BCUT2D eigenvalue weighted by molar-refractivity contribution is -0.137. The number of imidazole rings is 1. The van der Waals surface area contributed by atoms with Crippen LogP contribution in [0.5, 0.6) is 0 Å². The van der Waals surface area contributed by atoms with Gasteiger partial charge in [-0.25, -0.2) is 14.8 Å². The number of aromatic nitrogens is 3. The molecule has 1 aromatic carbocycles. The van der Waals surface area contributed by atoms with Crippen LogP contribution in [0.4, 0.5) is 23.8 Å². The third-order valence-electron chi connectivity index (χ3n) is 4.86. The van der Waals surface area contributed by atoms with Crippen molar-refractivity contribution in [2.24, 2.45) is 0 Å². The van der Waals surface area contributed by atoms with Gasteiger partial charge in [0.05, 0.1) is 16.6 Å². The summed E-state index contributed by atoms with van der Waals surface area (Å²) in [5.41, 5.74) is 0.0222. The molecule has 0 radical (unpaired) electrons. The van der Waals surface area contributed by atoms with Gasteiger partial charge in [-0.05, 0) is 39.0 Å². The van der Waals surface area contributed by atoms with E-state index in [9.17, 15) is 18.0 Å². The molecule has 1 aliphatic heterocycles. The van der Waals surface area contributed by atoms with E-state index in [1.54, 1.807) is 21.7 Å². The van der Waals surface area contributed by atoms with E-state index < -0.39 is 17.3 Å². The quantitative estimate of drug-likeness (QED) is 0.595. The van der Waals surface area contributed by atoms with E-state index in [2.05, 4.69) is 9.97 Å². The molecular weight excluding hydrogens is 399 g/mol. The highest BCUT2D eigenvalue weighted by Gasteiger charge is 2.31. The predicted molar refractivity (Wildman–Crippen MR) is 106 cm³/mol. The van der Waals surface area contributed by atoms with Gasteiger partial charge in [-0.2, -0.15) is 13.2 Å². The molecule has 0 aliphatic carbocycles. The fourth-order valence-corrected chi connectivity index (χ4v) is 3.46. The first-order valence-electron chi connectivity index (χ1n) is 9.60. The number of ether oxygens (including phenoxy) is 1. The van der Waals surface area contributed by atoms with Gasteiger partial charge in [0.1, 0.15) is 5.60 Å². The van der Waals surface area contributed by atoms with Crippen molar-refractivity contribution in [3.8, 4) is 0 Å². The molecule has 2 aromatic heterocycles. The first-order valence-corrected chi connectivity index (χ1v) is 9.60. The van der Waals surface area contributed by atoms with Crippen molar-refractivity contribution < 1.29 is 22.7 Å². The van der Waals surface area contributed by atoms with Crippen LogP contribution in [0.15, 0.2) is 30.6 Å². The summed E-state index contributed by atoms with van der Waals surface area (Å²) in [5.74, 6) is 0.496. The Labute approximate surface area is 171 Å². The van der Waals surface area contributed by atoms with Crippen LogP contribution in [0.25, 0.3) is 16.7 Å². The summed E-state index contributed by atoms with van der Waals surface area (Å²) in [5, 5.41) is 0. The van der Waals surface area contributed by atoms with E-state index >= 15 is 0 Å². The molecule has 1 saturated heterocycles. The second-order valence-electron chi connectivity index (χ2n) is 8.21. The number of nitrogens with zero attached hydrogens (tertiary/aromatic N) is 5. The maximum atomic E-state index is 13.2. The normalized spacial score (nSPS) is 15.8. The maximum absolute atomic E-state index is 13.2. The molecule has 160 valence electrons. The zero-order valence-corrected chi connectivity index (χ0v) is 16.9. The number of amides is 1. The monoisotopic (exact) mass is 421 g/mol. The highest BCUT2D eigenvalue weighted by molar-refractivity contribution is 5.84. The molecule has 1 fully saturated rings. The van der Waals surface area contributed by atoms with Crippen LogP contribution in [-0.4, -0.2) is 57.1 Å². The molecule has 0 bridgehead atoms. The summed E-state index contributed by atoms with van der Waals surface area (Å²) >= 11 is 0. The van der Waals surface area contributed by atoms with Crippen molar-refractivity contribution in [3.63, 3.8) is 0 Å². The van der Waals surface area contributed by atoms with Crippen LogP contribution >= 0.6 is 0 Å². The second kappa shape index (κ2) is 7.03. The van der Waals surface area contributed by atoms with Gasteiger partial charge < -0.3 is 14.5 Å². The number of piperazine rings is 1. The van der Waals surface area contributed by atoms with E-state index in [1.807, 2.05) is 25.7 Å². The molecule has 0 unspecified atom stereocenters. The van der Waals surface area contributed by atoms with Crippen molar-refractivity contribution in [2.45, 2.75) is 32.5 Å². The SMILES string of the molecule is CC(C)(C)OC(=O)N1CCN(c2nc3cc(C(F)(F)F)ccc3n3ccnc23)CC1. The number of carbonyl (C=O) groups is 1. The number of fused-ring (bicyclic) bond motifs is 3. The smallest absolute Gasteiger partial charge is 0.416 e. The number of rotatable bonds is 1. The predicted octanol–water partition coefficient (Wildman–Crippen LogP) is 3.96. The number of alkyl halides is 3. The number of benzene rings is 1. The number of carbonyl (C=O) groups excluding carboxylic acids is 1. The number of halogens is 3. The number of hydrogen-bond donors (Lipinski definition) is 0. The third kappa shape index (κ3) is 3.86. The highest BCUT2D eigenvalue weighted by Crippen LogP contribution is 2.32. The largest absolute Gasteiger partial charge is 0.444 e. The molecule has 0 atom stereocenters. The first kappa shape index (κ1) is 20.2. The summed E-state index contributed by atoms with van der Waals surface area (Å²) in [7, 11) is 0. The van der Waals surface area contributed by atoms with Gasteiger partial charge in [0.15, 0.2) is 11.5 Å². The van der Waals surface area contributed by atoms with E-state index in [0.29, 0.717) is 43.2 Å². The Morgan fingerprint density at radius 3 is 2.43 bits per heavy atom. The summed E-state index contributed by atoms with van der Waals surface area (Å²) in [6, 6.07) is 3.50. The lowest BCUT2D eigenvalue weighted by Crippen LogP contribution is -2.50. The molecule has 1 amide bonds. The zero-order valence-electron chi connectivity index (χ0n) is 16.9. The van der Waals surface area contributed by atoms with E-state index in [1.165, 1.54) is 6.07 Å². The third-order valence-corrected chi connectivity index (χ3v) is 4.86. The van der Waals surface area contributed by atoms with Crippen molar-refractivity contribution in [3.05, 3.63) is 36.2 Å². The Hall–Kier alpha value is -3.04. The van der Waals surface area contributed by atoms with Crippen LogP contribution in [0.1, 0.15) is 26.3 Å². The van der Waals surface area contributed by atoms with Crippen LogP contribution < -0.4 is 4.90 Å². The molecule has 4 rings (SSSR count). The maximum Gasteiger partial charge on any atom is 0.416 e. The van der Waals surface area contributed by atoms with Crippen LogP contribution in [-0.2, 0) is 10.9 Å². The lowest BCUT2D eigenvalue weighted by atomic mass is 10.2. The summed E-state index contributed by atoms with van der Waals surface area (Å²) in [6.07, 6.45) is -1.53. The first-order chi connectivity index (χ1) is 14.0. The van der Waals surface area contributed by atoms with Crippen molar-refractivity contribution >= 4 is 28.6 Å². The number of anilines is 1. The zero-order chi connectivity index (χ0) is 21.7. The molecule has 1 aliphatic rings. The average molecular weight is 421 g/mol. The fraction of sp³-hybridized carbons (Fsp3) is 0.450. The van der Waals surface area contributed by atoms with Crippen molar-refractivity contribution in [1.82, 2.24) is 19.3 Å². The Morgan fingerprint density at radius 1 is 1.10 bits per heavy atom. The highest BCUT2D eigenvalue weighted by atomic mass is 19.4. The minimum Gasteiger partial charge on any atom is -0.444 e. The average Bonchev–Trinajstić information content (AvgIpc) is 3.15. The van der Waals surface area contributed by atoms with E-state index in [4.69, 9.17) is 4.74 Å². The number of hydrogen-bond acceptors (Lipinski definition) is 5. The summed E-state index contributed by atoms with van der Waals surface area (Å²) in [6.45, 7) is 7.21. The standard InChI is InChI=1S/C20H22F3N5O2/c1-19(2,3)30-18(29)27-10-8-26(9-11-27)17-16-24-6-7-28(16)15-5-4-13(20(21,22)23)12-14(15)25-17/h4-7,12H,8-11H2,1-3H3. The van der Waals surface area contributed by atoms with Crippen LogP contribution in [0, 0.1) is 0 Å². The topological polar surface area (TPSA) is 63.0 Å². The molecule has 0 saturated carbocycles. The lowest BCUT2D eigenvalue weighted by Gasteiger charge is -2.36. The van der Waals surface area contributed by atoms with Crippen molar-refractivity contribution in [2.75, 3.05) is 31.1 Å². The second-order valence-corrected chi connectivity index (χ2v) is 8.21. The molecule has 0 N–H and O–H groups in total. The molecular formula is C20H22F3N5O2. The van der Waals surface area contributed by atoms with Gasteiger partial charge in [0.2, 0.25) is 0 Å². The van der Waals surface area contributed by atoms with E-state index in [-0.39, 0.29) is 11.6 Å². The Balaban J connectivity index is 1.64. The van der Waals surface area contributed by atoms with Gasteiger partial charge in [0, 0.05) is 38.6 Å². The van der Waals surface area contributed by atoms with E-state index in [0.717, 1.165) is 12.1 Å². The van der Waals surface area contributed by atoms with Gasteiger partial charge in [-0.1, -0.05) is 0 Å². The molecule has 10 heteroatoms. The Bertz CT molecular complexity index is 1100. The Morgan fingerprint density at radius 2 is 1.80 bits per heavy atom. The molecule has 3 heterocycles. The minimum absolute atomic E-state index is 0.236. The summed E-state index contributed by atoms with van der Waals surface area (Å²) < 4.78 is 46.6. The van der Waals surface area contributed by atoms with Crippen molar-refractivity contribution in [1.29, 1.82) is 0 Å². The van der Waals surface area contributed by atoms with Gasteiger partial charge in [-0.3, -0.25) is 4.40 Å². The van der Waals surface area contributed by atoms with Crippen LogP contribution in [0.3, 0.4) is 0 Å². The molecule has 30 heavy (non-hydrogen) atoms. The summed E-state index contributed by atoms with van der Waals surface area (Å²) in [4.78, 5) is 24.7. The molecule has 0 spiro atoms. The minimum atomic E-state index is -4.45. The molecule has 3 aromatic rings. The van der Waals surface area contributed by atoms with Gasteiger partial charge >= 0.3 is 12.3 Å². The molecule has 7 nitrogen and oxygen atoms in total. The van der Waals surface area contributed by atoms with Gasteiger partial charge in [0.25, 0.3) is 0 Å². The van der Waals surface area contributed by atoms with Gasteiger partial charge in [-0.15, -0.1) is 0 Å². The Kier molecular flexibility index (Phi) is 4.74.